The number of hydrogen-bond acceptors (Lipinski definition) is 4. The fourth-order valence-corrected chi connectivity index (χ4v) is 4.35. The molecule has 0 saturated carbocycles. The zero-order chi connectivity index (χ0) is 20.9. The zero-order valence-corrected chi connectivity index (χ0v) is 18.1. The van der Waals surface area contributed by atoms with Crippen molar-refractivity contribution in [3.8, 4) is 16.3 Å². The summed E-state index contributed by atoms with van der Waals surface area (Å²) in [6.45, 7) is 2.75. The van der Waals surface area contributed by atoms with E-state index in [4.69, 9.17) is 16.3 Å². The van der Waals surface area contributed by atoms with E-state index >= 15 is 0 Å². The summed E-state index contributed by atoms with van der Waals surface area (Å²) in [4.78, 5) is 17.3. The first-order valence-corrected chi connectivity index (χ1v) is 11.0. The van der Waals surface area contributed by atoms with Gasteiger partial charge in [-0.3, -0.25) is 4.79 Å². The number of unbranched alkanes of at least 4 members (excludes halogenated alkanes) is 1. The van der Waals surface area contributed by atoms with E-state index in [0.717, 1.165) is 33.6 Å². The van der Waals surface area contributed by atoms with Gasteiger partial charge in [-0.2, -0.15) is 0 Å². The van der Waals surface area contributed by atoms with E-state index in [1.54, 1.807) is 29.5 Å². The number of nitrogens with one attached hydrogen (secondary N) is 1. The van der Waals surface area contributed by atoms with Crippen LogP contribution in [0.3, 0.4) is 0 Å². The number of para-hydroxylation sites is 1. The monoisotopic (exact) mass is 436 g/mol. The Hall–Kier alpha value is -2.89. The highest BCUT2D eigenvalue weighted by atomic mass is 35.5. The average Bonchev–Trinajstić information content (AvgIpc) is 3.18. The van der Waals surface area contributed by atoms with Gasteiger partial charge in [-0.25, -0.2) is 4.98 Å². The SMILES string of the molecule is CCCCOc1cccc(C(=O)Nc2ccc(-c3nc4ccccc4s3)c(Cl)c2)c1. The number of aromatic nitrogens is 1. The van der Waals surface area contributed by atoms with Gasteiger partial charge in [-0.15, -0.1) is 11.3 Å². The average molecular weight is 437 g/mol. The Morgan fingerprint density at radius 3 is 2.77 bits per heavy atom. The third-order valence-electron chi connectivity index (χ3n) is 4.61. The molecule has 4 aromatic rings. The van der Waals surface area contributed by atoms with E-state index in [0.29, 0.717) is 28.6 Å². The van der Waals surface area contributed by atoms with Crippen LogP contribution in [0.25, 0.3) is 20.8 Å². The number of halogens is 1. The zero-order valence-electron chi connectivity index (χ0n) is 16.5. The highest BCUT2D eigenvalue weighted by molar-refractivity contribution is 7.21. The fraction of sp³-hybridized carbons (Fsp3) is 0.167. The minimum absolute atomic E-state index is 0.209. The lowest BCUT2D eigenvalue weighted by molar-refractivity contribution is 0.102. The molecule has 1 aromatic heterocycles. The summed E-state index contributed by atoms with van der Waals surface area (Å²) in [7, 11) is 0. The van der Waals surface area contributed by atoms with E-state index in [1.165, 1.54) is 0 Å². The number of anilines is 1. The number of amides is 1. The van der Waals surface area contributed by atoms with Gasteiger partial charge in [-0.05, 0) is 55.0 Å². The molecule has 0 fully saturated rings. The van der Waals surface area contributed by atoms with Crippen LogP contribution in [0.4, 0.5) is 5.69 Å². The molecule has 0 aliphatic heterocycles. The number of ether oxygens (including phenoxy) is 1. The Morgan fingerprint density at radius 1 is 1.10 bits per heavy atom. The molecule has 1 heterocycles. The first-order chi connectivity index (χ1) is 14.6. The lowest BCUT2D eigenvalue weighted by Gasteiger charge is -2.09. The van der Waals surface area contributed by atoms with Crippen molar-refractivity contribution in [1.82, 2.24) is 4.98 Å². The quantitative estimate of drug-likeness (QED) is 0.316. The van der Waals surface area contributed by atoms with Gasteiger partial charge in [0.25, 0.3) is 5.91 Å². The van der Waals surface area contributed by atoms with Crippen LogP contribution in [0.1, 0.15) is 30.1 Å². The number of fused-ring (bicyclic) bond motifs is 1. The smallest absolute Gasteiger partial charge is 0.255 e. The Labute approximate surface area is 184 Å². The van der Waals surface area contributed by atoms with Gasteiger partial charge >= 0.3 is 0 Å². The second kappa shape index (κ2) is 9.28. The Balaban J connectivity index is 1.49. The first-order valence-electron chi connectivity index (χ1n) is 9.84. The van der Waals surface area contributed by atoms with Crippen LogP contribution < -0.4 is 10.1 Å². The maximum atomic E-state index is 12.7. The number of carbonyl (C=O) groups excluding carboxylic acids is 1. The maximum Gasteiger partial charge on any atom is 0.255 e. The molecule has 0 aliphatic carbocycles. The second-order valence-electron chi connectivity index (χ2n) is 6.87. The summed E-state index contributed by atoms with van der Waals surface area (Å²) in [5, 5.41) is 4.31. The highest BCUT2D eigenvalue weighted by Crippen LogP contribution is 2.35. The molecule has 0 spiro atoms. The van der Waals surface area contributed by atoms with Crippen molar-refractivity contribution in [3.05, 3.63) is 77.3 Å². The molecule has 0 atom stereocenters. The van der Waals surface area contributed by atoms with Crippen LogP contribution in [0.15, 0.2) is 66.7 Å². The van der Waals surface area contributed by atoms with E-state index in [-0.39, 0.29) is 5.91 Å². The lowest BCUT2D eigenvalue weighted by atomic mass is 10.1. The summed E-state index contributed by atoms with van der Waals surface area (Å²) >= 11 is 8.11. The number of thiazole rings is 1. The van der Waals surface area contributed by atoms with E-state index < -0.39 is 0 Å². The molecule has 152 valence electrons. The molecule has 1 N–H and O–H groups in total. The van der Waals surface area contributed by atoms with Gasteiger partial charge in [0, 0.05) is 16.8 Å². The Bertz CT molecular complexity index is 1160. The molecule has 0 bridgehead atoms. The molecule has 4 nitrogen and oxygen atoms in total. The summed E-state index contributed by atoms with van der Waals surface area (Å²) in [6.07, 6.45) is 2.05. The van der Waals surface area contributed by atoms with Crippen molar-refractivity contribution in [2.24, 2.45) is 0 Å². The molecular formula is C24H21ClN2O2S. The number of nitrogens with zero attached hydrogens (tertiary/aromatic N) is 1. The van der Waals surface area contributed by atoms with Crippen molar-refractivity contribution >= 4 is 44.7 Å². The van der Waals surface area contributed by atoms with Gasteiger partial charge in [0.1, 0.15) is 10.8 Å². The maximum absolute atomic E-state index is 12.7. The lowest BCUT2D eigenvalue weighted by Crippen LogP contribution is -2.12. The van der Waals surface area contributed by atoms with Crippen LogP contribution in [-0.4, -0.2) is 17.5 Å². The second-order valence-corrected chi connectivity index (χ2v) is 8.30. The minimum Gasteiger partial charge on any atom is -0.494 e. The highest BCUT2D eigenvalue weighted by Gasteiger charge is 2.12. The van der Waals surface area contributed by atoms with Gasteiger partial charge in [-0.1, -0.05) is 43.1 Å². The molecular weight excluding hydrogens is 416 g/mol. The van der Waals surface area contributed by atoms with E-state index in [2.05, 4.69) is 17.2 Å². The molecule has 6 heteroatoms. The van der Waals surface area contributed by atoms with Crippen LogP contribution in [0.2, 0.25) is 5.02 Å². The van der Waals surface area contributed by atoms with Crippen molar-refractivity contribution in [2.45, 2.75) is 19.8 Å². The van der Waals surface area contributed by atoms with Gasteiger partial charge in [0.15, 0.2) is 0 Å². The van der Waals surface area contributed by atoms with Crippen molar-refractivity contribution in [2.75, 3.05) is 11.9 Å². The van der Waals surface area contributed by atoms with Gasteiger partial charge in [0.2, 0.25) is 0 Å². The summed E-state index contributed by atoms with van der Waals surface area (Å²) < 4.78 is 6.80. The molecule has 1 amide bonds. The third kappa shape index (κ3) is 4.64. The molecule has 0 saturated heterocycles. The molecule has 0 radical (unpaired) electrons. The predicted molar refractivity (Wildman–Crippen MR) is 125 cm³/mol. The number of hydrogen-bond donors (Lipinski definition) is 1. The summed E-state index contributed by atoms with van der Waals surface area (Å²) in [5.74, 6) is 0.486. The normalized spacial score (nSPS) is 10.9. The number of benzene rings is 3. The Kier molecular flexibility index (Phi) is 6.31. The predicted octanol–water partition coefficient (Wildman–Crippen LogP) is 7.05. The standard InChI is InChI=1S/C24H21ClN2O2S/c1-2-3-13-29-18-8-6-7-16(14-18)23(28)26-17-11-12-19(20(25)15-17)24-27-21-9-4-5-10-22(21)30-24/h4-12,14-15H,2-3,13H2,1H3,(H,26,28). The van der Waals surface area contributed by atoms with Crippen molar-refractivity contribution in [1.29, 1.82) is 0 Å². The van der Waals surface area contributed by atoms with Crippen LogP contribution in [0.5, 0.6) is 5.75 Å². The minimum atomic E-state index is -0.209. The molecule has 30 heavy (non-hydrogen) atoms. The van der Waals surface area contributed by atoms with E-state index in [9.17, 15) is 4.79 Å². The molecule has 0 aliphatic rings. The van der Waals surface area contributed by atoms with Gasteiger partial charge < -0.3 is 10.1 Å². The summed E-state index contributed by atoms with van der Waals surface area (Å²) in [6, 6.07) is 20.7. The van der Waals surface area contributed by atoms with Crippen LogP contribution in [0, 0.1) is 0 Å². The number of rotatable bonds is 7. The Morgan fingerprint density at radius 2 is 1.97 bits per heavy atom. The number of carbonyl (C=O) groups is 1. The van der Waals surface area contributed by atoms with E-state index in [1.807, 2.05) is 48.5 Å². The molecule has 3 aromatic carbocycles. The first kappa shape index (κ1) is 20.4. The van der Waals surface area contributed by atoms with Crippen LogP contribution in [-0.2, 0) is 0 Å². The topological polar surface area (TPSA) is 51.2 Å². The largest absolute Gasteiger partial charge is 0.494 e. The molecule has 0 unspecified atom stereocenters. The summed E-state index contributed by atoms with van der Waals surface area (Å²) in [5.41, 5.74) is 2.97. The fourth-order valence-electron chi connectivity index (χ4n) is 3.02. The third-order valence-corrected chi connectivity index (χ3v) is 6.00. The van der Waals surface area contributed by atoms with Gasteiger partial charge in [0.05, 0.1) is 21.8 Å². The van der Waals surface area contributed by atoms with Crippen molar-refractivity contribution < 1.29 is 9.53 Å². The van der Waals surface area contributed by atoms with Crippen molar-refractivity contribution in [3.63, 3.8) is 0 Å². The molecule has 4 rings (SSSR count). The van der Waals surface area contributed by atoms with Crippen LogP contribution >= 0.6 is 22.9 Å².